The molecular formula is C19H14N2O5S. The monoisotopic (exact) mass is 382 g/mol. The average molecular weight is 382 g/mol. The molecule has 8 heteroatoms. The summed E-state index contributed by atoms with van der Waals surface area (Å²) in [4.78, 5) is 23.2. The number of carbonyl (C=O) groups is 1. The Labute approximate surface area is 155 Å². The van der Waals surface area contributed by atoms with Crippen LogP contribution >= 0.6 is 0 Å². The minimum atomic E-state index is -4.18. The molecule has 3 aromatic rings. The van der Waals surface area contributed by atoms with Crippen molar-refractivity contribution in [1.82, 2.24) is 0 Å². The first kappa shape index (κ1) is 18.3. The zero-order valence-corrected chi connectivity index (χ0v) is 14.7. The largest absolute Gasteiger partial charge is 0.272 e. The molecule has 0 spiro atoms. The van der Waals surface area contributed by atoms with E-state index in [2.05, 4.69) is 0 Å². The molecule has 7 nitrogen and oxygen atoms in total. The van der Waals surface area contributed by atoms with Gasteiger partial charge in [-0.15, -0.1) is 0 Å². The summed E-state index contributed by atoms with van der Waals surface area (Å²) in [5.41, 5.74) is -0.00241. The van der Waals surface area contributed by atoms with Crippen LogP contribution in [-0.2, 0) is 10.0 Å². The van der Waals surface area contributed by atoms with Gasteiger partial charge in [-0.1, -0.05) is 36.4 Å². The first-order valence-electron chi connectivity index (χ1n) is 7.85. The van der Waals surface area contributed by atoms with E-state index in [0.717, 1.165) is 12.1 Å². The number of benzene rings is 3. The molecule has 0 aromatic heterocycles. The van der Waals surface area contributed by atoms with E-state index >= 15 is 0 Å². The summed E-state index contributed by atoms with van der Waals surface area (Å²) in [7, 11) is -4.18. The van der Waals surface area contributed by atoms with Gasteiger partial charge in [0.25, 0.3) is 21.6 Å². The highest BCUT2D eigenvalue weighted by atomic mass is 32.2. The van der Waals surface area contributed by atoms with Gasteiger partial charge in [-0.05, 0) is 36.4 Å². The van der Waals surface area contributed by atoms with Crippen molar-refractivity contribution >= 4 is 27.3 Å². The number of sulfonamides is 1. The second kappa shape index (κ2) is 7.38. The van der Waals surface area contributed by atoms with Crippen LogP contribution in [0.2, 0.25) is 0 Å². The summed E-state index contributed by atoms with van der Waals surface area (Å²) >= 11 is 0. The predicted octanol–water partition coefficient (Wildman–Crippen LogP) is 3.63. The van der Waals surface area contributed by atoms with Crippen molar-refractivity contribution in [3.05, 3.63) is 101 Å². The molecule has 0 bridgehead atoms. The van der Waals surface area contributed by atoms with Gasteiger partial charge in [0.1, 0.15) is 0 Å². The van der Waals surface area contributed by atoms with Gasteiger partial charge in [-0.3, -0.25) is 14.9 Å². The summed E-state index contributed by atoms with van der Waals surface area (Å²) in [6, 6.07) is 20.3. The van der Waals surface area contributed by atoms with Crippen LogP contribution in [0.4, 0.5) is 11.4 Å². The Morgan fingerprint density at radius 1 is 0.815 bits per heavy atom. The number of nitro benzene ring substituents is 1. The van der Waals surface area contributed by atoms with Crippen LogP contribution < -0.4 is 4.31 Å². The summed E-state index contributed by atoms with van der Waals surface area (Å²) in [5.74, 6) is -0.806. The number of amides is 1. The molecule has 0 atom stereocenters. The van der Waals surface area contributed by atoms with Gasteiger partial charge in [0.2, 0.25) is 0 Å². The fourth-order valence-corrected chi connectivity index (χ4v) is 3.90. The molecule has 0 unspecified atom stereocenters. The maximum atomic E-state index is 13.1. The van der Waals surface area contributed by atoms with Crippen LogP contribution in [-0.4, -0.2) is 19.2 Å². The zero-order valence-electron chi connectivity index (χ0n) is 13.9. The maximum absolute atomic E-state index is 13.1. The molecule has 0 aliphatic carbocycles. The van der Waals surface area contributed by atoms with Crippen LogP contribution in [0.5, 0.6) is 0 Å². The molecule has 0 aliphatic heterocycles. The van der Waals surface area contributed by atoms with Gasteiger partial charge < -0.3 is 0 Å². The summed E-state index contributed by atoms with van der Waals surface area (Å²) in [6.07, 6.45) is 0. The lowest BCUT2D eigenvalue weighted by atomic mass is 10.2. The molecule has 0 fully saturated rings. The molecule has 0 saturated carbocycles. The predicted molar refractivity (Wildman–Crippen MR) is 100.0 cm³/mol. The standard InChI is InChI=1S/C19H14N2O5S/c22-19(15-11-13-17(14-12-15)21(23)24)20(16-7-3-1-4-8-16)27(25,26)18-9-5-2-6-10-18/h1-14H. The zero-order chi connectivity index (χ0) is 19.4. The van der Waals surface area contributed by atoms with Crippen LogP contribution in [0.1, 0.15) is 10.4 Å². The van der Waals surface area contributed by atoms with Crippen molar-refractivity contribution in [3.63, 3.8) is 0 Å². The number of para-hydroxylation sites is 1. The topological polar surface area (TPSA) is 97.6 Å². The third-order valence-corrected chi connectivity index (χ3v) is 5.51. The number of anilines is 1. The molecule has 0 N–H and O–H groups in total. The van der Waals surface area contributed by atoms with E-state index in [1.54, 1.807) is 36.4 Å². The molecule has 3 aromatic carbocycles. The molecule has 0 heterocycles. The molecule has 1 amide bonds. The lowest BCUT2D eigenvalue weighted by molar-refractivity contribution is -0.384. The molecule has 0 saturated heterocycles. The highest BCUT2D eigenvalue weighted by molar-refractivity contribution is 7.93. The number of carbonyl (C=O) groups excluding carboxylic acids is 1. The van der Waals surface area contributed by atoms with Gasteiger partial charge in [0, 0.05) is 17.7 Å². The van der Waals surface area contributed by atoms with Gasteiger partial charge >= 0.3 is 0 Å². The quantitative estimate of drug-likeness (QED) is 0.496. The summed E-state index contributed by atoms with van der Waals surface area (Å²) < 4.78 is 26.9. The molecule has 0 aliphatic rings. The van der Waals surface area contributed by atoms with Gasteiger partial charge in [0.05, 0.1) is 15.5 Å². The van der Waals surface area contributed by atoms with Crippen molar-refractivity contribution in [2.24, 2.45) is 0 Å². The van der Waals surface area contributed by atoms with Gasteiger partial charge in [-0.25, -0.2) is 8.42 Å². The van der Waals surface area contributed by atoms with E-state index in [4.69, 9.17) is 0 Å². The Hall–Kier alpha value is -3.52. The third-order valence-electron chi connectivity index (χ3n) is 3.78. The Kier molecular flexibility index (Phi) is 5.00. The minimum Gasteiger partial charge on any atom is -0.268 e. The van der Waals surface area contributed by atoms with E-state index in [1.807, 2.05) is 0 Å². The third kappa shape index (κ3) is 3.70. The molecule has 3 rings (SSSR count). The van der Waals surface area contributed by atoms with Crippen LogP contribution in [0.15, 0.2) is 89.8 Å². The molecular weight excluding hydrogens is 368 g/mol. The highest BCUT2D eigenvalue weighted by Crippen LogP contribution is 2.26. The smallest absolute Gasteiger partial charge is 0.268 e. The second-order valence-corrected chi connectivity index (χ2v) is 7.31. The van der Waals surface area contributed by atoms with E-state index in [9.17, 15) is 23.3 Å². The number of hydrogen-bond donors (Lipinski definition) is 0. The first-order valence-corrected chi connectivity index (χ1v) is 9.29. The van der Waals surface area contributed by atoms with Crippen LogP contribution in [0, 0.1) is 10.1 Å². The number of nitrogens with zero attached hydrogens (tertiary/aromatic N) is 2. The first-order chi connectivity index (χ1) is 12.9. The van der Waals surface area contributed by atoms with Crippen molar-refractivity contribution in [2.75, 3.05) is 4.31 Å². The van der Waals surface area contributed by atoms with Crippen LogP contribution in [0.25, 0.3) is 0 Å². The molecule has 27 heavy (non-hydrogen) atoms. The lowest BCUT2D eigenvalue weighted by Crippen LogP contribution is -2.37. The van der Waals surface area contributed by atoms with Crippen molar-refractivity contribution in [2.45, 2.75) is 4.90 Å². The van der Waals surface area contributed by atoms with Crippen molar-refractivity contribution < 1.29 is 18.1 Å². The Bertz CT molecular complexity index is 1070. The maximum Gasteiger partial charge on any atom is 0.272 e. The lowest BCUT2D eigenvalue weighted by Gasteiger charge is -2.22. The Morgan fingerprint density at radius 2 is 1.33 bits per heavy atom. The van der Waals surface area contributed by atoms with E-state index < -0.39 is 20.9 Å². The molecule has 0 radical (unpaired) electrons. The summed E-state index contributed by atoms with van der Waals surface area (Å²) in [6.45, 7) is 0. The summed E-state index contributed by atoms with van der Waals surface area (Å²) in [5, 5.41) is 10.8. The van der Waals surface area contributed by atoms with Crippen molar-refractivity contribution in [1.29, 1.82) is 0 Å². The number of nitro groups is 1. The number of non-ortho nitro benzene ring substituents is 1. The Morgan fingerprint density at radius 3 is 1.85 bits per heavy atom. The molecule has 136 valence electrons. The fourth-order valence-electron chi connectivity index (χ4n) is 2.47. The minimum absolute atomic E-state index is 0.0176. The van der Waals surface area contributed by atoms with Gasteiger partial charge in [0.15, 0.2) is 0 Å². The number of rotatable bonds is 5. The number of hydrogen-bond acceptors (Lipinski definition) is 5. The fraction of sp³-hybridized carbons (Fsp3) is 0. The SMILES string of the molecule is O=C(c1ccc([N+](=O)[O-])cc1)N(c1ccccc1)S(=O)(=O)c1ccccc1. The van der Waals surface area contributed by atoms with Gasteiger partial charge in [-0.2, -0.15) is 4.31 Å². The van der Waals surface area contributed by atoms with E-state index in [-0.39, 0.29) is 21.8 Å². The highest BCUT2D eigenvalue weighted by Gasteiger charge is 2.31. The Balaban J connectivity index is 2.11. The normalized spacial score (nSPS) is 11.0. The second-order valence-electron chi connectivity index (χ2n) is 5.53. The van der Waals surface area contributed by atoms with Crippen molar-refractivity contribution in [3.8, 4) is 0 Å². The van der Waals surface area contributed by atoms with Crippen LogP contribution in [0.3, 0.4) is 0 Å². The van der Waals surface area contributed by atoms with E-state index in [0.29, 0.717) is 4.31 Å². The average Bonchev–Trinajstić information content (AvgIpc) is 2.69. The van der Waals surface area contributed by atoms with E-state index in [1.165, 1.54) is 36.4 Å².